The molecule has 0 bridgehead atoms. The Morgan fingerprint density at radius 3 is 3.13 bits per heavy atom. The molecule has 2 saturated heterocycles. The first-order valence-electron chi connectivity index (χ1n) is 7.90. The van der Waals surface area contributed by atoms with E-state index in [9.17, 15) is 4.79 Å². The Morgan fingerprint density at radius 1 is 1.48 bits per heavy atom. The monoisotopic (exact) mass is 321 g/mol. The third-order valence-electron chi connectivity index (χ3n) is 4.10. The highest BCUT2D eigenvalue weighted by Gasteiger charge is 2.34. The second kappa shape index (κ2) is 7.80. The predicted molar refractivity (Wildman–Crippen MR) is 82.8 cm³/mol. The summed E-state index contributed by atoms with van der Waals surface area (Å²) in [6.07, 6.45) is 2.42. The van der Waals surface area contributed by atoms with Crippen LogP contribution in [0.25, 0.3) is 0 Å². The third kappa shape index (κ3) is 4.24. The number of amides is 1. The average Bonchev–Trinajstić information content (AvgIpc) is 3.01. The minimum Gasteiger partial charge on any atom is -0.379 e. The van der Waals surface area contributed by atoms with Crippen LogP contribution in [0, 0.1) is 0 Å². The zero-order chi connectivity index (χ0) is 16.1. The SMILES string of the molecule is CC1NNNC1C(=O)N[C@@H]1COCC[C@H]1OCc1ccccn1. The fraction of sp³-hybridized carbons (Fsp3) is 0.600. The van der Waals surface area contributed by atoms with Gasteiger partial charge in [-0.2, -0.15) is 5.53 Å². The molecule has 126 valence electrons. The van der Waals surface area contributed by atoms with Crippen LogP contribution in [0.2, 0.25) is 0 Å². The summed E-state index contributed by atoms with van der Waals surface area (Å²) in [5.74, 6) is -0.0723. The van der Waals surface area contributed by atoms with Gasteiger partial charge in [-0.15, -0.1) is 0 Å². The number of hydrogen-bond acceptors (Lipinski definition) is 7. The molecule has 0 aromatic carbocycles. The van der Waals surface area contributed by atoms with E-state index in [0.717, 1.165) is 12.1 Å². The number of pyridine rings is 1. The Morgan fingerprint density at radius 2 is 2.39 bits per heavy atom. The summed E-state index contributed by atoms with van der Waals surface area (Å²) in [6.45, 7) is 3.46. The minimum absolute atomic E-state index is 0.00685. The lowest BCUT2D eigenvalue weighted by Crippen LogP contribution is -2.56. The number of carbonyl (C=O) groups excluding carboxylic acids is 1. The largest absolute Gasteiger partial charge is 0.379 e. The van der Waals surface area contributed by atoms with E-state index in [1.54, 1.807) is 6.20 Å². The molecule has 0 spiro atoms. The zero-order valence-electron chi connectivity index (χ0n) is 13.1. The second-order valence-corrected chi connectivity index (χ2v) is 5.83. The molecular formula is C15H23N5O3. The normalized spacial score (nSPS) is 31.0. The number of nitrogens with zero attached hydrogens (tertiary/aromatic N) is 1. The molecule has 0 aliphatic carbocycles. The summed E-state index contributed by atoms with van der Waals surface area (Å²) in [6, 6.07) is 5.25. The number of rotatable bonds is 5. The van der Waals surface area contributed by atoms with Gasteiger partial charge in [-0.05, 0) is 25.5 Å². The van der Waals surface area contributed by atoms with Crippen LogP contribution in [0.4, 0.5) is 0 Å². The first-order chi connectivity index (χ1) is 11.2. The van der Waals surface area contributed by atoms with Gasteiger partial charge in [-0.3, -0.25) is 9.78 Å². The standard InChI is InChI=1S/C15H23N5O3/c1-10-14(19-20-18-10)15(21)17-12-9-22-7-5-13(12)23-8-11-4-2-3-6-16-11/h2-4,6,10,12-14,18-20H,5,7-9H2,1H3,(H,17,21)/t10?,12-,13-,14?/m1/s1. The van der Waals surface area contributed by atoms with Crippen molar-refractivity contribution in [1.29, 1.82) is 0 Å². The molecule has 3 rings (SSSR count). The molecule has 4 atom stereocenters. The first-order valence-corrected chi connectivity index (χ1v) is 7.90. The van der Waals surface area contributed by atoms with E-state index in [2.05, 4.69) is 26.7 Å². The molecule has 23 heavy (non-hydrogen) atoms. The maximum Gasteiger partial charge on any atom is 0.240 e. The fourth-order valence-electron chi connectivity index (χ4n) is 2.74. The van der Waals surface area contributed by atoms with Gasteiger partial charge in [0, 0.05) is 18.8 Å². The molecule has 2 unspecified atom stereocenters. The summed E-state index contributed by atoms with van der Waals surface area (Å²) in [4.78, 5) is 16.6. The van der Waals surface area contributed by atoms with Gasteiger partial charge in [-0.25, -0.2) is 10.9 Å². The van der Waals surface area contributed by atoms with Crippen LogP contribution in [-0.4, -0.2) is 48.3 Å². The minimum atomic E-state index is -0.326. The highest BCUT2D eigenvalue weighted by atomic mass is 16.5. The van der Waals surface area contributed by atoms with Gasteiger partial charge in [0.2, 0.25) is 5.91 Å². The Bertz CT molecular complexity index is 515. The molecule has 1 aromatic heterocycles. The van der Waals surface area contributed by atoms with E-state index in [0.29, 0.717) is 19.8 Å². The van der Waals surface area contributed by atoms with Gasteiger partial charge in [0.15, 0.2) is 0 Å². The van der Waals surface area contributed by atoms with E-state index >= 15 is 0 Å². The molecule has 3 heterocycles. The average molecular weight is 321 g/mol. The van der Waals surface area contributed by atoms with Crippen LogP contribution in [0.3, 0.4) is 0 Å². The van der Waals surface area contributed by atoms with Gasteiger partial charge in [0.05, 0.1) is 31.1 Å². The Hall–Kier alpha value is -1.58. The van der Waals surface area contributed by atoms with Crippen LogP contribution in [0.5, 0.6) is 0 Å². The lowest BCUT2D eigenvalue weighted by Gasteiger charge is -2.32. The number of hydrazine groups is 2. The highest BCUT2D eigenvalue weighted by molar-refractivity contribution is 5.83. The van der Waals surface area contributed by atoms with Crippen LogP contribution in [0.15, 0.2) is 24.4 Å². The van der Waals surface area contributed by atoms with Crippen molar-refractivity contribution >= 4 is 5.91 Å². The van der Waals surface area contributed by atoms with Gasteiger partial charge in [-0.1, -0.05) is 6.07 Å². The second-order valence-electron chi connectivity index (χ2n) is 5.83. The number of nitrogens with one attached hydrogen (secondary N) is 4. The van der Waals surface area contributed by atoms with E-state index < -0.39 is 0 Å². The predicted octanol–water partition coefficient (Wildman–Crippen LogP) is -0.759. The summed E-state index contributed by atoms with van der Waals surface area (Å²) < 4.78 is 11.5. The maximum atomic E-state index is 12.4. The Kier molecular flexibility index (Phi) is 5.52. The summed E-state index contributed by atoms with van der Waals surface area (Å²) in [5.41, 5.74) is 9.50. The maximum absolute atomic E-state index is 12.4. The summed E-state index contributed by atoms with van der Waals surface area (Å²) >= 11 is 0. The lowest BCUT2D eigenvalue weighted by atomic mass is 10.0. The number of aromatic nitrogens is 1. The molecule has 1 aromatic rings. The van der Waals surface area contributed by atoms with Crippen molar-refractivity contribution in [3.8, 4) is 0 Å². The Balaban J connectivity index is 1.54. The molecular weight excluding hydrogens is 298 g/mol. The van der Waals surface area contributed by atoms with Crippen molar-refractivity contribution < 1.29 is 14.3 Å². The highest BCUT2D eigenvalue weighted by Crippen LogP contribution is 2.14. The van der Waals surface area contributed by atoms with Gasteiger partial charge < -0.3 is 14.8 Å². The fourth-order valence-corrected chi connectivity index (χ4v) is 2.74. The molecule has 8 nitrogen and oxygen atoms in total. The molecule has 1 amide bonds. The number of hydrogen-bond donors (Lipinski definition) is 4. The molecule has 2 aliphatic rings. The molecule has 8 heteroatoms. The van der Waals surface area contributed by atoms with Gasteiger partial charge >= 0.3 is 0 Å². The quantitative estimate of drug-likeness (QED) is 0.566. The van der Waals surface area contributed by atoms with Crippen LogP contribution in [0.1, 0.15) is 19.0 Å². The van der Waals surface area contributed by atoms with Crippen molar-refractivity contribution in [3.63, 3.8) is 0 Å². The van der Waals surface area contributed by atoms with E-state index in [-0.39, 0.29) is 30.1 Å². The topological polar surface area (TPSA) is 96.5 Å². The Labute approximate surface area is 135 Å². The molecule has 2 fully saturated rings. The van der Waals surface area contributed by atoms with Crippen molar-refractivity contribution in [2.75, 3.05) is 13.2 Å². The van der Waals surface area contributed by atoms with Crippen molar-refractivity contribution in [2.24, 2.45) is 0 Å². The first kappa shape index (κ1) is 16.3. The van der Waals surface area contributed by atoms with E-state index in [1.165, 1.54) is 0 Å². The number of carbonyl (C=O) groups is 1. The van der Waals surface area contributed by atoms with Crippen LogP contribution >= 0.6 is 0 Å². The van der Waals surface area contributed by atoms with Crippen molar-refractivity contribution in [1.82, 2.24) is 26.7 Å². The van der Waals surface area contributed by atoms with Crippen molar-refractivity contribution in [2.45, 2.75) is 44.2 Å². The molecule has 0 saturated carbocycles. The van der Waals surface area contributed by atoms with Crippen LogP contribution in [-0.2, 0) is 20.9 Å². The van der Waals surface area contributed by atoms with E-state index in [1.807, 2.05) is 25.1 Å². The third-order valence-corrected chi connectivity index (χ3v) is 4.10. The smallest absolute Gasteiger partial charge is 0.240 e. The van der Waals surface area contributed by atoms with Crippen molar-refractivity contribution in [3.05, 3.63) is 30.1 Å². The molecule has 2 aliphatic heterocycles. The van der Waals surface area contributed by atoms with Crippen LogP contribution < -0.4 is 21.7 Å². The summed E-state index contributed by atoms with van der Waals surface area (Å²) in [5, 5.41) is 3.03. The summed E-state index contributed by atoms with van der Waals surface area (Å²) in [7, 11) is 0. The van der Waals surface area contributed by atoms with Gasteiger partial charge in [0.1, 0.15) is 6.04 Å². The lowest BCUT2D eigenvalue weighted by molar-refractivity contribution is -0.128. The molecule has 0 radical (unpaired) electrons. The van der Waals surface area contributed by atoms with E-state index in [4.69, 9.17) is 9.47 Å². The molecule has 4 N–H and O–H groups in total. The number of ether oxygens (including phenoxy) is 2. The van der Waals surface area contributed by atoms with Gasteiger partial charge in [0.25, 0.3) is 0 Å². The zero-order valence-corrected chi connectivity index (χ0v) is 13.1.